The van der Waals surface area contributed by atoms with Gasteiger partial charge in [0.25, 0.3) is 5.91 Å². The van der Waals surface area contributed by atoms with Crippen LogP contribution >= 0.6 is 0 Å². The SMILES string of the molecule is C[C@H]1COCCN1C(=O)c1cc[nH]n1. The van der Waals surface area contributed by atoms with Crippen LogP contribution in [0.15, 0.2) is 12.3 Å². The van der Waals surface area contributed by atoms with Gasteiger partial charge in [-0.15, -0.1) is 0 Å². The number of hydrogen-bond acceptors (Lipinski definition) is 3. The first kappa shape index (κ1) is 9.21. The van der Waals surface area contributed by atoms with Crippen LogP contribution in [-0.2, 0) is 4.74 Å². The van der Waals surface area contributed by atoms with Crippen molar-refractivity contribution in [3.63, 3.8) is 0 Å². The molecule has 76 valence electrons. The van der Waals surface area contributed by atoms with Crippen LogP contribution in [-0.4, -0.2) is 46.8 Å². The number of rotatable bonds is 1. The molecule has 0 radical (unpaired) electrons. The summed E-state index contributed by atoms with van der Waals surface area (Å²) in [4.78, 5) is 13.7. The number of amides is 1. The van der Waals surface area contributed by atoms with E-state index in [0.717, 1.165) is 0 Å². The van der Waals surface area contributed by atoms with E-state index >= 15 is 0 Å². The summed E-state index contributed by atoms with van der Waals surface area (Å²) in [6, 6.07) is 1.82. The molecule has 14 heavy (non-hydrogen) atoms. The van der Waals surface area contributed by atoms with Crippen molar-refractivity contribution in [1.29, 1.82) is 0 Å². The number of nitrogens with one attached hydrogen (secondary N) is 1. The van der Waals surface area contributed by atoms with E-state index in [1.807, 2.05) is 6.92 Å². The second-order valence-corrected chi connectivity index (χ2v) is 3.38. The van der Waals surface area contributed by atoms with Crippen LogP contribution in [0.3, 0.4) is 0 Å². The lowest BCUT2D eigenvalue weighted by atomic mass is 10.2. The molecule has 0 bridgehead atoms. The van der Waals surface area contributed by atoms with Crippen molar-refractivity contribution in [3.05, 3.63) is 18.0 Å². The average Bonchev–Trinajstić information content (AvgIpc) is 2.70. The summed E-state index contributed by atoms with van der Waals surface area (Å²) >= 11 is 0. The standard InChI is InChI=1S/C9H13N3O2/c1-7-6-14-5-4-12(7)9(13)8-2-3-10-11-8/h2-3,7H,4-6H2,1H3,(H,10,11)/t7-/m0/s1. The number of H-pyrrole nitrogens is 1. The van der Waals surface area contributed by atoms with Crippen molar-refractivity contribution in [1.82, 2.24) is 15.1 Å². The van der Waals surface area contributed by atoms with Crippen molar-refractivity contribution >= 4 is 5.91 Å². The highest BCUT2D eigenvalue weighted by atomic mass is 16.5. The fourth-order valence-corrected chi connectivity index (χ4v) is 1.56. The molecule has 0 spiro atoms. The van der Waals surface area contributed by atoms with Crippen LogP contribution in [0.1, 0.15) is 17.4 Å². The summed E-state index contributed by atoms with van der Waals surface area (Å²) in [7, 11) is 0. The predicted octanol–water partition coefficient (Wildman–Crippen LogP) is 0.271. The minimum atomic E-state index is -0.0259. The maximum atomic E-state index is 11.9. The molecule has 1 aliphatic rings. The van der Waals surface area contributed by atoms with Gasteiger partial charge in [0.05, 0.1) is 19.3 Å². The Bertz CT molecular complexity index is 310. The zero-order chi connectivity index (χ0) is 9.97. The van der Waals surface area contributed by atoms with Gasteiger partial charge >= 0.3 is 0 Å². The lowest BCUT2D eigenvalue weighted by molar-refractivity contribution is 0.00327. The number of morpholine rings is 1. The van der Waals surface area contributed by atoms with E-state index in [9.17, 15) is 4.79 Å². The summed E-state index contributed by atoms with van der Waals surface area (Å²) in [5.41, 5.74) is 0.471. The van der Waals surface area contributed by atoms with Gasteiger partial charge in [0.1, 0.15) is 5.69 Å². The van der Waals surface area contributed by atoms with Gasteiger partial charge in [-0.1, -0.05) is 0 Å². The van der Waals surface area contributed by atoms with Crippen LogP contribution in [0.4, 0.5) is 0 Å². The normalized spacial score (nSPS) is 22.4. The molecule has 2 rings (SSSR count). The average molecular weight is 195 g/mol. The van der Waals surface area contributed by atoms with Crippen molar-refractivity contribution in [2.75, 3.05) is 19.8 Å². The van der Waals surface area contributed by atoms with E-state index in [1.54, 1.807) is 17.2 Å². The molecule has 5 nitrogen and oxygen atoms in total. The van der Waals surface area contributed by atoms with Gasteiger partial charge in [-0.25, -0.2) is 0 Å². The fraction of sp³-hybridized carbons (Fsp3) is 0.556. The fourth-order valence-electron chi connectivity index (χ4n) is 1.56. The van der Waals surface area contributed by atoms with Crippen molar-refractivity contribution < 1.29 is 9.53 Å². The molecule has 0 aliphatic carbocycles. The van der Waals surface area contributed by atoms with E-state index < -0.39 is 0 Å². The summed E-state index contributed by atoms with van der Waals surface area (Å²) in [5, 5.41) is 6.50. The molecule has 1 saturated heterocycles. The molecule has 1 fully saturated rings. The van der Waals surface area contributed by atoms with E-state index in [1.165, 1.54) is 0 Å². The Morgan fingerprint density at radius 3 is 3.29 bits per heavy atom. The smallest absolute Gasteiger partial charge is 0.274 e. The number of ether oxygens (including phenoxy) is 1. The zero-order valence-electron chi connectivity index (χ0n) is 8.06. The van der Waals surface area contributed by atoms with Crippen molar-refractivity contribution in [2.45, 2.75) is 13.0 Å². The third kappa shape index (κ3) is 1.63. The Morgan fingerprint density at radius 2 is 2.64 bits per heavy atom. The van der Waals surface area contributed by atoms with Gasteiger partial charge in [-0.2, -0.15) is 5.10 Å². The van der Waals surface area contributed by atoms with Gasteiger partial charge in [-0.05, 0) is 13.0 Å². The molecule has 1 atom stereocenters. The zero-order valence-corrected chi connectivity index (χ0v) is 8.06. The quantitative estimate of drug-likeness (QED) is 0.699. The number of carbonyl (C=O) groups is 1. The van der Waals surface area contributed by atoms with E-state index in [0.29, 0.717) is 25.5 Å². The summed E-state index contributed by atoms with van der Waals surface area (Å²) in [6.07, 6.45) is 1.65. The number of hydrogen-bond donors (Lipinski definition) is 1. The first-order chi connectivity index (χ1) is 6.79. The van der Waals surface area contributed by atoms with E-state index in [2.05, 4.69) is 10.2 Å². The minimum Gasteiger partial charge on any atom is -0.377 e. The Morgan fingerprint density at radius 1 is 1.79 bits per heavy atom. The molecule has 1 N–H and O–H groups in total. The summed E-state index contributed by atoms with van der Waals surface area (Å²) in [5.74, 6) is -0.0259. The molecule has 2 heterocycles. The lowest BCUT2D eigenvalue weighted by Gasteiger charge is -2.32. The molecule has 0 aromatic carbocycles. The topological polar surface area (TPSA) is 58.2 Å². The largest absolute Gasteiger partial charge is 0.377 e. The molecular formula is C9H13N3O2. The first-order valence-electron chi connectivity index (χ1n) is 4.67. The van der Waals surface area contributed by atoms with Crippen LogP contribution in [0.5, 0.6) is 0 Å². The highest BCUT2D eigenvalue weighted by molar-refractivity contribution is 5.92. The summed E-state index contributed by atoms with van der Waals surface area (Å²) in [6.45, 7) is 3.84. The van der Waals surface area contributed by atoms with Crippen LogP contribution in [0, 0.1) is 0 Å². The number of nitrogens with zero attached hydrogens (tertiary/aromatic N) is 2. The Labute approximate surface area is 82.0 Å². The van der Waals surface area contributed by atoms with Gasteiger partial charge in [-0.3, -0.25) is 9.89 Å². The molecule has 0 unspecified atom stereocenters. The highest BCUT2D eigenvalue weighted by Gasteiger charge is 2.25. The number of aromatic nitrogens is 2. The Hall–Kier alpha value is -1.36. The van der Waals surface area contributed by atoms with Crippen LogP contribution in [0.25, 0.3) is 0 Å². The van der Waals surface area contributed by atoms with Gasteiger partial charge in [0.2, 0.25) is 0 Å². The third-order valence-corrected chi connectivity index (χ3v) is 2.35. The van der Waals surface area contributed by atoms with Crippen molar-refractivity contribution in [2.24, 2.45) is 0 Å². The van der Waals surface area contributed by atoms with Gasteiger partial charge < -0.3 is 9.64 Å². The third-order valence-electron chi connectivity index (χ3n) is 2.35. The number of carbonyl (C=O) groups excluding carboxylic acids is 1. The van der Waals surface area contributed by atoms with E-state index in [-0.39, 0.29) is 11.9 Å². The molecule has 5 heteroatoms. The predicted molar refractivity (Wildman–Crippen MR) is 49.9 cm³/mol. The highest BCUT2D eigenvalue weighted by Crippen LogP contribution is 2.09. The van der Waals surface area contributed by atoms with Crippen LogP contribution < -0.4 is 0 Å². The van der Waals surface area contributed by atoms with Crippen molar-refractivity contribution in [3.8, 4) is 0 Å². The lowest BCUT2D eigenvalue weighted by Crippen LogP contribution is -2.47. The second-order valence-electron chi connectivity index (χ2n) is 3.38. The Balaban J connectivity index is 2.10. The van der Waals surface area contributed by atoms with Crippen LogP contribution in [0.2, 0.25) is 0 Å². The summed E-state index contributed by atoms with van der Waals surface area (Å²) < 4.78 is 5.26. The number of aromatic amines is 1. The molecule has 1 aromatic heterocycles. The van der Waals surface area contributed by atoms with E-state index in [4.69, 9.17) is 4.74 Å². The van der Waals surface area contributed by atoms with Gasteiger partial charge in [0.15, 0.2) is 0 Å². The monoisotopic (exact) mass is 195 g/mol. The minimum absolute atomic E-state index is 0.0259. The maximum Gasteiger partial charge on any atom is 0.274 e. The molecule has 1 aromatic rings. The Kier molecular flexibility index (Phi) is 2.49. The molecule has 0 saturated carbocycles. The molecule has 1 amide bonds. The molecular weight excluding hydrogens is 182 g/mol. The first-order valence-corrected chi connectivity index (χ1v) is 4.67. The van der Waals surface area contributed by atoms with Gasteiger partial charge in [0, 0.05) is 12.7 Å². The maximum absolute atomic E-state index is 11.9. The second kappa shape index (κ2) is 3.79. The molecule has 1 aliphatic heterocycles.